The second-order valence-corrected chi connectivity index (χ2v) is 5.56. The smallest absolute Gasteiger partial charge is 0.136 e. The van der Waals surface area contributed by atoms with Crippen molar-refractivity contribution in [1.29, 1.82) is 0 Å². The van der Waals surface area contributed by atoms with Gasteiger partial charge >= 0.3 is 0 Å². The van der Waals surface area contributed by atoms with Gasteiger partial charge in [-0.05, 0) is 52.4 Å². The third-order valence-corrected chi connectivity index (χ3v) is 3.84. The first-order valence-electron chi connectivity index (χ1n) is 5.39. The molecule has 0 amide bonds. The molecular formula is C12H14BrNO. The molecule has 1 aromatic carbocycles. The molecule has 0 bridgehead atoms. The first-order valence-corrected chi connectivity index (χ1v) is 6.19. The lowest BCUT2D eigenvalue weighted by atomic mass is 10.0. The summed E-state index contributed by atoms with van der Waals surface area (Å²) in [5.41, 5.74) is 8.88. The number of ether oxygens (including phenoxy) is 1. The average molecular weight is 268 g/mol. The van der Waals surface area contributed by atoms with E-state index in [1.54, 1.807) is 0 Å². The van der Waals surface area contributed by atoms with Gasteiger partial charge in [-0.2, -0.15) is 0 Å². The summed E-state index contributed by atoms with van der Waals surface area (Å²) in [7, 11) is 0. The summed E-state index contributed by atoms with van der Waals surface area (Å²) in [6.45, 7) is 0.811. The van der Waals surface area contributed by atoms with Crippen molar-refractivity contribution in [2.45, 2.75) is 31.2 Å². The number of nitrogens with two attached hydrogens (primary N) is 1. The molecule has 3 rings (SSSR count). The van der Waals surface area contributed by atoms with E-state index < -0.39 is 0 Å². The highest BCUT2D eigenvalue weighted by atomic mass is 79.9. The molecule has 1 saturated carbocycles. The van der Waals surface area contributed by atoms with Crippen molar-refractivity contribution in [3.63, 3.8) is 0 Å². The van der Waals surface area contributed by atoms with Crippen molar-refractivity contribution >= 4 is 15.9 Å². The SMILES string of the molecule is NC1(Cc2cc(Br)c3c(c2)CCO3)CC1. The topological polar surface area (TPSA) is 35.2 Å². The van der Waals surface area contributed by atoms with Crippen LogP contribution in [0.5, 0.6) is 5.75 Å². The molecule has 1 aliphatic heterocycles. The minimum atomic E-state index is 0.0904. The fourth-order valence-corrected chi connectivity index (χ4v) is 2.83. The summed E-state index contributed by atoms with van der Waals surface area (Å²) >= 11 is 3.56. The van der Waals surface area contributed by atoms with E-state index in [9.17, 15) is 0 Å². The van der Waals surface area contributed by atoms with E-state index in [2.05, 4.69) is 28.1 Å². The average Bonchev–Trinajstić information content (AvgIpc) is 2.73. The second kappa shape index (κ2) is 3.22. The largest absolute Gasteiger partial charge is 0.492 e. The number of rotatable bonds is 2. The lowest BCUT2D eigenvalue weighted by molar-refractivity contribution is 0.355. The van der Waals surface area contributed by atoms with Gasteiger partial charge in [-0.3, -0.25) is 0 Å². The third-order valence-electron chi connectivity index (χ3n) is 3.25. The van der Waals surface area contributed by atoms with Crippen molar-refractivity contribution in [1.82, 2.24) is 0 Å². The van der Waals surface area contributed by atoms with Gasteiger partial charge in [0.1, 0.15) is 5.75 Å². The molecular weight excluding hydrogens is 254 g/mol. The molecule has 2 aliphatic rings. The van der Waals surface area contributed by atoms with Crippen LogP contribution in [-0.2, 0) is 12.8 Å². The summed E-state index contributed by atoms with van der Waals surface area (Å²) < 4.78 is 6.63. The fourth-order valence-electron chi connectivity index (χ4n) is 2.17. The molecule has 2 nitrogen and oxygen atoms in total. The lowest BCUT2D eigenvalue weighted by Gasteiger charge is -2.11. The van der Waals surface area contributed by atoms with Crippen LogP contribution in [0.4, 0.5) is 0 Å². The standard InChI is InChI=1S/C12H14BrNO/c13-10-6-8(7-12(14)2-3-12)5-9-1-4-15-11(9)10/h5-6H,1-4,7,14H2. The van der Waals surface area contributed by atoms with Crippen LogP contribution in [-0.4, -0.2) is 12.1 Å². The summed E-state index contributed by atoms with van der Waals surface area (Å²) in [6.07, 6.45) is 4.36. The molecule has 0 atom stereocenters. The van der Waals surface area contributed by atoms with Crippen LogP contribution >= 0.6 is 15.9 Å². The second-order valence-electron chi connectivity index (χ2n) is 4.70. The molecule has 0 aromatic heterocycles. The molecule has 2 N–H and O–H groups in total. The van der Waals surface area contributed by atoms with Crippen LogP contribution in [0.1, 0.15) is 24.0 Å². The van der Waals surface area contributed by atoms with Gasteiger partial charge in [-0.25, -0.2) is 0 Å². The van der Waals surface area contributed by atoms with Gasteiger partial charge in [-0.1, -0.05) is 6.07 Å². The maximum Gasteiger partial charge on any atom is 0.136 e. The Balaban J connectivity index is 1.93. The Hall–Kier alpha value is -0.540. The van der Waals surface area contributed by atoms with Crippen LogP contribution in [0.3, 0.4) is 0 Å². The zero-order valence-electron chi connectivity index (χ0n) is 8.55. The van der Waals surface area contributed by atoms with E-state index in [1.807, 2.05) is 0 Å². The Kier molecular flexibility index (Phi) is 2.08. The Bertz CT molecular complexity index is 412. The number of hydrogen-bond acceptors (Lipinski definition) is 2. The molecule has 0 saturated heterocycles. The van der Waals surface area contributed by atoms with Crippen LogP contribution in [0.25, 0.3) is 0 Å². The number of fused-ring (bicyclic) bond motifs is 1. The van der Waals surface area contributed by atoms with Crippen molar-refractivity contribution in [2.75, 3.05) is 6.61 Å². The van der Waals surface area contributed by atoms with Gasteiger partial charge < -0.3 is 10.5 Å². The first-order chi connectivity index (χ1) is 7.16. The summed E-state index contributed by atoms with van der Waals surface area (Å²) in [5.74, 6) is 1.03. The number of halogens is 1. The highest BCUT2D eigenvalue weighted by molar-refractivity contribution is 9.10. The van der Waals surface area contributed by atoms with Crippen molar-refractivity contribution < 1.29 is 4.74 Å². The van der Waals surface area contributed by atoms with Crippen molar-refractivity contribution in [3.8, 4) is 5.75 Å². The zero-order chi connectivity index (χ0) is 10.5. The Morgan fingerprint density at radius 2 is 2.20 bits per heavy atom. The number of benzene rings is 1. The normalized spacial score (nSPS) is 20.9. The van der Waals surface area contributed by atoms with Crippen molar-refractivity contribution in [3.05, 3.63) is 27.7 Å². The van der Waals surface area contributed by atoms with Crippen LogP contribution in [0, 0.1) is 0 Å². The molecule has 80 valence electrons. The molecule has 3 heteroatoms. The molecule has 1 fully saturated rings. The molecule has 1 aliphatic carbocycles. The highest BCUT2D eigenvalue weighted by Crippen LogP contribution is 2.39. The molecule has 1 heterocycles. The van der Waals surface area contributed by atoms with E-state index in [-0.39, 0.29) is 5.54 Å². The number of hydrogen-bond donors (Lipinski definition) is 1. The predicted molar refractivity (Wildman–Crippen MR) is 63.2 cm³/mol. The highest BCUT2D eigenvalue weighted by Gasteiger charge is 2.38. The van der Waals surface area contributed by atoms with Gasteiger partial charge in [0.25, 0.3) is 0 Å². The Morgan fingerprint density at radius 3 is 2.93 bits per heavy atom. The fraction of sp³-hybridized carbons (Fsp3) is 0.500. The van der Waals surface area contributed by atoms with Gasteiger partial charge in [0.05, 0.1) is 11.1 Å². The van der Waals surface area contributed by atoms with E-state index in [0.29, 0.717) is 0 Å². The minimum absolute atomic E-state index is 0.0904. The van der Waals surface area contributed by atoms with Gasteiger partial charge in [0, 0.05) is 12.0 Å². The quantitative estimate of drug-likeness (QED) is 0.894. The van der Waals surface area contributed by atoms with Gasteiger partial charge in [-0.15, -0.1) is 0 Å². The summed E-state index contributed by atoms with van der Waals surface area (Å²) in [4.78, 5) is 0. The van der Waals surface area contributed by atoms with Gasteiger partial charge in [0.2, 0.25) is 0 Å². The van der Waals surface area contributed by atoms with Crippen LogP contribution in [0.15, 0.2) is 16.6 Å². The zero-order valence-corrected chi connectivity index (χ0v) is 10.1. The predicted octanol–water partition coefficient (Wildman–Crippen LogP) is 2.42. The van der Waals surface area contributed by atoms with Crippen molar-refractivity contribution in [2.24, 2.45) is 5.73 Å². The Morgan fingerprint density at radius 1 is 1.40 bits per heavy atom. The van der Waals surface area contributed by atoms with Crippen LogP contribution in [0.2, 0.25) is 0 Å². The van der Waals surface area contributed by atoms with E-state index in [0.717, 1.165) is 42.5 Å². The molecule has 0 unspecified atom stereocenters. The maximum atomic E-state index is 6.13. The van der Waals surface area contributed by atoms with Crippen LogP contribution < -0.4 is 10.5 Å². The van der Waals surface area contributed by atoms with Gasteiger partial charge in [0.15, 0.2) is 0 Å². The Labute approximate surface area is 97.9 Å². The molecule has 0 radical (unpaired) electrons. The third kappa shape index (κ3) is 1.79. The lowest BCUT2D eigenvalue weighted by Crippen LogP contribution is -2.24. The summed E-state index contributed by atoms with van der Waals surface area (Å²) in [5, 5.41) is 0. The van der Waals surface area contributed by atoms with E-state index >= 15 is 0 Å². The molecule has 15 heavy (non-hydrogen) atoms. The minimum Gasteiger partial charge on any atom is -0.492 e. The van der Waals surface area contributed by atoms with E-state index in [4.69, 9.17) is 10.5 Å². The monoisotopic (exact) mass is 267 g/mol. The molecule has 0 spiro atoms. The molecule has 1 aromatic rings. The first kappa shape index (κ1) is 9.67. The maximum absolute atomic E-state index is 6.13. The summed E-state index contributed by atoms with van der Waals surface area (Å²) in [6, 6.07) is 4.40. The van der Waals surface area contributed by atoms with E-state index in [1.165, 1.54) is 11.1 Å².